The first-order chi connectivity index (χ1) is 11.4. The Kier molecular flexibility index (Phi) is 4.51. The number of sulfonamides is 1. The molecule has 8 heteroatoms. The van der Waals surface area contributed by atoms with Crippen molar-refractivity contribution in [2.24, 2.45) is 7.05 Å². The molecule has 2 heterocycles. The van der Waals surface area contributed by atoms with Crippen molar-refractivity contribution < 1.29 is 13.2 Å². The Balaban J connectivity index is 1.79. The van der Waals surface area contributed by atoms with Crippen molar-refractivity contribution in [3.05, 3.63) is 36.2 Å². The summed E-state index contributed by atoms with van der Waals surface area (Å²) in [4.78, 5) is 2.38. The number of methoxy groups -OCH3 is 1. The van der Waals surface area contributed by atoms with Gasteiger partial charge >= 0.3 is 0 Å². The van der Waals surface area contributed by atoms with E-state index < -0.39 is 10.0 Å². The van der Waals surface area contributed by atoms with Gasteiger partial charge in [0, 0.05) is 39.4 Å². The zero-order chi connectivity index (χ0) is 17.3. The van der Waals surface area contributed by atoms with Gasteiger partial charge < -0.3 is 9.64 Å². The van der Waals surface area contributed by atoms with Gasteiger partial charge in [0.25, 0.3) is 0 Å². The summed E-state index contributed by atoms with van der Waals surface area (Å²) in [6, 6.07) is 5.22. The summed E-state index contributed by atoms with van der Waals surface area (Å²) in [6.45, 7) is 4.03. The molecule has 1 aromatic carbocycles. The van der Waals surface area contributed by atoms with Crippen LogP contribution in [0.3, 0.4) is 0 Å². The molecule has 0 unspecified atom stereocenters. The van der Waals surface area contributed by atoms with Crippen molar-refractivity contribution in [2.75, 3.05) is 38.2 Å². The van der Waals surface area contributed by atoms with Crippen molar-refractivity contribution in [2.45, 2.75) is 11.8 Å². The van der Waals surface area contributed by atoms with E-state index in [0.717, 1.165) is 11.3 Å². The summed E-state index contributed by atoms with van der Waals surface area (Å²) in [5.74, 6) is 0.385. The maximum atomic E-state index is 13.0. The SMILES string of the molecule is COc1ccc(C)cc1S(=O)(=O)N1CCN(c2cnn(C)c2)CC1. The Labute approximate surface area is 142 Å². The first-order valence-electron chi connectivity index (χ1n) is 7.80. The van der Waals surface area contributed by atoms with Gasteiger partial charge in [-0.2, -0.15) is 9.40 Å². The molecule has 130 valence electrons. The summed E-state index contributed by atoms with van der Waals surface area (Å²) in [7, 11) is -0.207. The fourth-order valence-corrected chi connectivity index (χ4v) is 4.55. The summed E-state index contributed by atoms with van der Waals surface area (Å²) in [5.41, 5.74) is 1.91. The largest absolute Gasteiger partial charge is 0.495 e. The Bertz CT molecular complexity index is 824. The highest BCUT2D eigenvalue weighted by Gasteiger charge is 2.31. The molecule has 1 saturated heterocycles. The molecule has 0 atom stereocenters. The van der Waals surface area contributed by atoms with Crippen LogP contribution in [-0.4, -0.2) is 55.8 Å². The molecule has 0 amide bonds. The van der Waals surface area contributed by atoms with E-state index in [2.05, 4.69) is 10.00 Å². The predicted octanol–water partition coefficient (Wildman–Crippen LogP) is 1.25. The lowest BCUT2D eigenvalue weighted by atomic mass is 10.2. The Morgan fingerprint density at radius 1 is 1.17 bits per heavy atom. The fourth-order valence-electron chi connectivity index (χ4n) is 2.88. The zero-order valence-electron chi connectivity index (χ0n) is 14.1. The molecule has 0 bridgehead atoms. The van der Waals surface area contributed by atoms with Crippen LogP contribution in [0.5, 0.6) is 5.75 Å². The Morgan fingerprint density at radius 2 is 1.88 bits per heavy atom. The van der Waals surface area contributed by atoms with Crippen molar-refractivity contribution in [3.8, 4) is 5.75 Å². The standard InChI is InChI=1S/C16H22N4O3S/c1-13-4-5-15(23-3)16(10-13)24(21,22)20-8-6-19(7-9-20)14-11-17-18(2)12-14/h4-5,10-12H,6-9H2,1-3H3. The average molecular weight is 350 g/mol. The lowest BCUT2D eigenvalue weighted by Gasteiger charge is -2.34. The van der Waals surface area contributed by atoms with Gasteiger partial charge in [-0.05, 0) is 24.6 Å². The van der Waals surface area contributed by atoms with Crippen molar-refractivity contribution in [1.29, 1.82) is 0 Å². The second-order valence-corrected chi connectivity index (χ2v) is 7.82. The molecule has 1 aliphatic rings. The number of aromatic nitrogens is 2. The van der Waals surface area contributed by atoms with Crippen LogP contribution in [0.25, 0.3) is 0 Å². The van der Waals surface area contributed by atoms with Gasteiger partial charge in [-0.1, -0.05) is 6.07 Å². The second kappa shape index (κ2) is 6.45. The number of hydrogen-bond donors (Lipinski definition) is 0. The molecule has 1 fully saturated rings. The van der Waals surface area contributed by atoms with Crippen molar-refractivity contribution in [1.82, 2.24) is 14.1 Å². The van der Waals surface area contributed by atoms with E-state index >= 15 is 0 Å². The van der Waals surface area contributed by atoms with Crippen LogP contribution >= 0.6 is 0 Å². The zero-order valence-corrected chi connectivity index (χ0v) is 15.0. The first-order valence-corrected chi connectivity index (χ1v) is 9.24. The number of anilines is 1. The summed E-state index contributed by atoms with van der Waals surface area (Å²) in [6.07, 6.45) is 3.74. The van der Waals surface area contributed by atoms with Gasteiger partial charge in [0.1, 0.15) is 10.6 Å². The Morgan fingerprint density at radius 3 is 2.46 bits per heavy atom. The fraction of sp³-hybridized carbons (Fsp3) is 0.438. The van der Waals surface area contributed by atoms with Crippen molar-refractivity contribution in [3.63, 3.8) is 0 Å². The lowest BCUT2D eigenvalue weighted by Crippen LogP contribution is -2.48. The van der Waals surface area contributed by atoms with Crippen LogP contribution in [0.15, 0.2) is 35.5 Å². The van der Waals surface area contributed by atoms with E-state index in [1.807, 2.05) is 26.2 Å². The van der Waals surface area contributed by atoms with Crippen LogP contribution in [0.1, 0.15) is 5.56 Å². The number of aryl methyl sites for hydroxylation is 2. The minimum absolute atomic E-state index is 0.236. The number of piperazine rings is 1. The van der Waals surface area contributed by atoms with Crippen LogP contribution < -0.4 is 9.64 Å². The molecule has 0 N–H and O–H groups in total. The van der Waals surface area contributed by atoms with Crippen molar-refractivity contribution >= 4 is 15.7 Å². The van der Waals surface area contributed by atoms with Crippen LogP contribution in [0.2, 0.25) is 0 Å². The normalized spacial score (nSPS) is 16.4. The predicted molar refractivity (Wildman–Crippen MR) is 91.9 cm³/mol. The third-order valence-electron chi connectivity index (χ3n) is 4.23. The molecular weight excluding hydrogens is 328 g/mol. The van der Waals surface area contributed by atoms with Gasteiger partial charge in [0.2, 0.25) is 10.0 Å². The molecule has 0 saturated carbocycles. The first kappa shape index (κ1) is 16.8. The van der Waals surface area contributed by atoms with Gasteiger partial charge in [0.05, 0.1) is 19.0 Å². The molecule has 0 spiro atoms. The summed E-state index contributed by atoms with van der Waals surface area (Å²) >= 11 is 0. The third-order valence-corrected chi connectivity index (χ3v) is 6.15. The minimum Gasteiger partial charge on any atom is -0.495 e. The summed E-state index contributed by atoms with van der Waals surface area (Å²) in [5, 5.41) is 4.17. The van der Waals surface area contributed by atoms with Gasteiger partial charge in [-0.15, -0.1) is 0 Å². The number of hydrogen-bond acceptors (Lipinski definition) is 5. The van der Waals surface area contributed by atoms with Gasteiger partial charge in [0.15, 0.2) is 0 Å². The quantitative estimate of drug-likeness (QED) is 0.830. The third kappa shape index (κ3) is 3.11. The van der Waals surface area contributed by atoms with Crippen LogP contribution in [0.4, 0.5) is 5.69 Å². The molecular formula is C16H22N4O3S. The maximum absolute atomic E-state index is 13.0. The highest BCUT2D eigenvalue weighted by atomic mass is 32.2. The van der Waals surface area contributed by atoms with Gasteiger partial charge in [-0.25, -0.2) is 8.42 Å². The smallest absolute Gasteiger partial charge is 0.246 e. The monoisotopic (exact) mass is 350 g/mol. The molecule has 3 rings (SSSR count). The molecule has 1 aliphatic heterocycles. The summed E-state index contributed by atoms with van der Waals surface area (Å²) < 4.78 is 34.5. The number of benzene rings is 1. The molecule has 0 aliphatic carbocycles. The van der Waals surface area contributed by atoms with E-state index in [0.29, 0.717) is 31.9 Å². The second-order valence-electron chi connectivity index (χ2n) is 5.92. The van der Waals surface area contributed by atoms with E-state index in [9.17, 15) is 8.42 Å². The highest BCUT2D eigenvalue weighted by molar-refractivity contribution is 7.89. The minimum atomic E-state index is -3.57. The molecule has 0 radical (unpaired) electrons. The maximum Gasteiger partial charge on any atom is 0.246 e. The molecule has 7 nitrogen and oxygen atoms in total. The lowest BCUT2D eigenvalue weighted by molar-refractivity contribution is 0.374. The molecule has 24 heavy (non-hydrogen) atoms. The molecule has 2 aromatic rings. The topological polar surface area (TPSA) is 67.7 Å². The highest BCUT2D eigenvalue weighted by Crippen LogP contribution is 2.28. The average Bonchev–Trinajstić information content (AvgIpc) is 3.01. The van der Waals surface area contributed by atoms with E-state index in [1.165, 1.54) is 11.4 Å². The number of ether oxygens (including phenoxy) is 1. The van der Waals surface area contributed by atoms with Gasteiger partial charge in [-0.3, -0.25) is 4.68 Å². The van der Waals surface area contributed by atoms with E-state index in [-0.39, 0.29) is 4.90 Å². The number of nitrogens with zero attached hydrogens (tertiary/aromatic N) is 4. The van der Waals surface area contributed by atoms with E-state index in [4.69, 9.17) is 4.74 Å². The molecule has 1 aromatic heterocycles. The Hall–Kier alpha value is -2.06. The van der Waals surface area contributed by atoms with E-state index in [1.54, 1.807) is 23.0 Å². The number of rotatable bonds is 4. The van der Waals surface area contributed by atoms with Crippen LogP contribution in [-0.2, 0) is 17.1 Å². The van der Waals surface area contributed by atoms with Crippen LogP contribution in [0, 0.1) is 6.92 Å².